The predicted octanol–water partition coefficient (Wildman–Crippen LogP) is 4.79. The zero-order valence-electron chi connectivity index (χ0n) is 20.1. The monoisotopic (exact) mass is 445 g/mol. The smallest absolute Gasteiger partial charge is 0.277 e. The summed E-state index contributed by atoms with van der Waals surface area (Å²) >= 11 is 0. The van der Waals surface area contributed by atoms with E-state index in [2.05, 4.69) is 47.9 Å². The number of unbranched alkanes of at least 4 members (excludes halogenated alkanes) is 3. The molecule has 33 heavy (non-hydrogen) atoms. The average Bonchev–Trinajstić information content (AvgIpc) is 3.07. The molecule has 0 radical (unpaired) electrons. The molecule has 2 heterocycles. The summed E-state index contributed by atoms with van der Waals surface area (Å²) in [6.45, 7) is 9.90. The Morgan fingerprint density at radius 2 is 1.45 bits per heavy atom. The molecule has 1 saturated heterocycles. The van der Waals surface area contributed by atoms with Crippen LogP contribution in [0.25, 0.3) is 5.57 Å². The largest absolute Gasteiger partial charge is 0.368 e. The Balaban J connectivity index is 1.57. The number of hydrogen-bond acceptors (Lipinski definition) is 4. The lowest BCUT2D eigenvalue weighted by atomic mass is 10.0. The van der Waals surface area contributed by atoms with Gasteiger partial charge in [0.15, 0.2) is 0 Å². The van der Waals surface area contributed by atoms with Crippen LogP contribution in [-0.4, -0.2) is 54.3 Å². The maximum absolute atomic E-state index is 13.5. The van der Waals surface area contributed by atoms with Gasteiger partial charge < -0.3 is 9.80 Å². The zero-order chi connectivity index (χ0) is 23.4. The lowest BCUT2D eigenvalue weighted by molar-refractivity contribution is -0.137. The number of carbonyl (C=O) groups is 2. The van der Waals surface area contributed by atoms with E-state index in [1.807, 2.05) is 31.2 Å². The van der Waals surface area contributed by atoms with Crippen LogP contribution < -0.4 is 4.90 Å². The van der Waals surface area contributed by atoms with Crippen LogP contribution in [0.3, 0.4) is 0 Å². The highest BCUT2D eigenvalue weighted by atomic mass is 16.2. The van der Waals surface area contributed by atoms with Gasteiger partial charge in [-0.3, -0.25) is 14.5 Å². The molecule has 1 fully saturated rings. The van der Waals surface area contributed by atoms with Crippen molar-refractivity contribution in [2.75, 3.05) is 37.6 Å². The van der Waals surface area contributed by atoms with Crippen LogP contribution >= 0.6 is 0 Å². The summed E-state index contributed by atoms with van der Waals surface area (Å²) in [7, 11) is 0. The molecular formula is C28H35N3O2. The Hall–Kier alpha value is -3.08. The summed E-state index contributed by atoms with van der Waals surface area (Å²) in [5.41, 5.74) is 5.60. The predicted molar refractivity (Wildman–Crippen MR) is 134 cm³/mol. The molecule has 0 spiro atoms. The summed E-state index contributed by atoms with van der Waals surface area (Å²) in [6.07, 6.45) is 4.16. The first kappa shape index (κ1) is 23.1. The molecular weight excluding hydrogens is 410 g/mol. The third-order valence-corrected chi connectivity index (χ3v) is 6.68. The molecule has 0 bridgehead atoms. The van der Waals surface area contributed by atoms with E-state index in [1.54, 1.807) is 0 Å². The number of carbonyl (C=O) groups excluding carboxylic acids is 2. The van der Waals surface area contributed by atoms with Crippen molar-refractivity contribution in [3.8, 4) is 0 Å². The number of benzene rings is 2. The van der Waals surface area contributed by atoms with Crippen molar-refractivity contribution in [1.82, 2.24) is 9.80 Å². The van der Waals surface area contributed by atoms with Gasteiger partial charge in [-0.05, 0) is 43.5 Å². The van der Waals surface area contributed by atoms with E-state index in [-0.39, 0.29) is 11.8 Å². The highest BCUT2D eigenvalue weighted by Gasteiger charge is 2.41. The first-order valence-corrected chi connectivity index (χ1v) is 12.2. The van der Waals surface area contributed by atoms with Gasteiger partial charge >= 0.3 is 0 Å². The van der Waals surface area contributed by atoms with Crippen LogP contribution in [-0.2, 0) is 9.59 Å². The lowest BCUT2D eigenvalue weighted by Crippen LogP contribution is -2.47. The van der Waals surface area contributed by atoms with Crippen molar-refractivity contribution in [2.24, 2.45) is 0 Å². The molecule has 2 aliphatic heterocycles. The maximum atomic E-state index is 13.5. The number of hydrogen-bond donors (Lipinski definition) is 0. The van der Waals surface area contributed by atoms with Gasteiger partial charge in [-0.15, -0.1) is 0 Å². The quantitative estimate of drug-likeness (QED) is 0.433. The molecule has 0 N–H and O–H groups in total. The fourth-order valence-electron chi connectivity index (χ4n) is 4.75. The van der Waals surface area contributed by atoms with Crippen LogP contribution in [0, 0.1) is 13.8 Å². The fraction of sp³-hybridized carbons (Fsp3) is 0.429. The molecule has 2 aromatic carbocycles. The number of nitrogens with zero attached hydrogens (tertiary/aromatic N) is 3. The summed E-state index contributed by atoms with van der Waals surface area (Å²) in [6, 6.07) is 16.5. The second-order valence-electron chi connectivity index (χ2n) is 9.23. The topological polar surface area (TPSA) is 43.9 Å². The molecule has 174 valence electrons. The Labute approximate surface area is 197 Å². The van der Waals surface area contributed by atoms with Crippen LogP contribution in [0.1, 0.15) is 49.3 Å². The van der Waals surface area contributed by atoms with Gasteiger partial charge in [0, 0.05) is 38.4 Å². The lowest BCUT2D eigenvalue weighted by Gasteiger charge is -2.37. The van der Waals surface area contributed by atoms with Crippen LogP contribution in [0.4, 0.5) is 5.69 Å². The number of anilines is 1. The van der Waals surface area contributed by atoms with Crippen molar-refractivity contribution in [1.29, 1.82) is 0 Å². The fourth-order valence-corrected chi connectivity index (χ4v) is 4.75. The zero-order valence-corrected chi connectivity index (χ0v) is 20.1. The van der Waals surface area contributed by atoms with Gasteiger partial charge in [0.05, 0.1) is 5.57 Å². The van der Waals surface area contributed by atoms with Gasteiger partial charge in [0.25, 0.3) is 11.8 Å². The Morgan fingerprint density at radius 3 is 2.12 bits per heavy atom. The van der Waals surface area contributed by atoms with Crippen LogP contribution in [0.5, 0.6) is 0 Å². The van der Waals surface area contributed by atoms with Crippen molar-refractivity contribution in [3.63, 3.8) is 0 Å². The highest BCUT2D eigenvalue weighted by Crippen LogP contribution is 2.33. The minimum absolute atomic E-state index is 0.129. The second kappa shape index (κ2) is 10.2. The molecule has 5 nitrogen and oxygen atoms in total. The maximum Gasteiger partial charge on any atom is 0.277 e. The van der Waals surface area contributed by atoms with Gasteiger partial charge in [-0.2, -0.15) is 0 Å². The van der Waals surface area contributed by atoms with E-state index in [4.69, 9.17) is 0 Å². The molecule has 5 heteroatoms. The van der Waals surface area contributed by atoms with Crippen molar-refractivity contribution < 1.29 is 9.59 Å². The standard InChI is InChI=1S/C28H35N3O2/c1-4-5-6-7-15-31-27(32)25(23-13-11-21(2)12-14-23)26(28(31)33)30-18-16-29(17-19-30)24-10-8-9-22(3)20-24/h8-14,20H,4-7,15-19H2,1-3H3. The summed E-state index contributed by atoms with van der Waals surface area (Å²) < 4.78 is 0. The first-order valence-electron chi connectivity index (χ1n) is 12.2. The van der Waals surface area contributed by atoms with E-state index < -0.39 is 0 Å². The SMILES string of the molecule is CCCCCCN1C(=O)C(c2ccc(C)cc2)=C(N2CCN(c3cccc(C)c3)CC2)C1=O. The van der Waals surface area contributed by atoms with Crippen molar-refractivity contribution in [2.45, 2.75) is 46.5 Å². The molecule has 2 aromatic rings. The van der Waals surface area contributed by atoms with E-state index in [1.165, 1.54) is 16.2 Å². The third-order valence-electron chi connectivity index (χ3n) is 6.68. The summed E-state index contributed by atoms with van der Waals surface area (Å²) in [4.78, 5) is 32.9. The second-order valence-corrected chi connectivity index (χ2v) is 9.23. The summed E-state index contributed by atoms with van der Waals surface area (Å²) in [5, 5.41) is 0. The number of rotatable bonds is 8. The molecule has 0 aliphatic carbocycles. The van der Waals surface area contributed by atoms with Crippen LogP contribution in [0.15, 0.2) is 54.2 Å². The molecule has 0 atom stereocenters. The number of amides is 2. The molecule has 0 unspecified atom stereocenters. The Bertz CT molecular complexity index is 1030. The van der Waals surface area contributed by atoms with Crippen molar-refractivity contribution >= 4 is 23.1 Å². The Kier molecular flexibility index (Phi) is 7.17. The molecule has 0 aromatic heterocycles. The van der Waals surface area contributed by atoms with Gasteiger partial charge in [-0.1, -0.05) is 68.1 Å². The van der Waals surface area contributed by atoms with Crippen molar-refractivity contribution in [3.05, 3.63) is 70.9 Å². The first-order chi connectivity index (χ1) is 16.0. The minimum atomic E-state index is -0.142. The highest BCUT2D eigenvalue weighted by molar-refractivity contribution is 6.35. The Morgan fingerprint density at radius 1 is 0.758 bits per heavy atom. The molecule has 2 aliphatic rings. The van der Waals surface area contributed by atoms with Gasteiger partial charge in [0.1, 0.15) is 5.70 Å². The molecule has 2 amide bonds. The average molecular weight is 446 g/mol. The van der Waals surface area contributed by atoms with E-state index >= 15 is 0 Å². The number of piperazine rings is 1. The summed E-state index contributed by atoms with van der Waals surface area (Å²) in [5.74, 6) is -0.271. The van der Waals surface area contributed by atoms with Gasteiger partial charge in [0.2, 0.25) is 0 Å². The van der Waals surface area contributed by atoms with E-state index in [0.717, 1.165) is 63.0 Å². The van der Waals surface area contributed by atoms with Crippen LogP contribution in [0.2, 0.25) is 0 Å². The van der Waals surface area contributed by atoms with E-state index in [0.29, 0.717) is 17.8 Å². The number of imide groups is 1. The molecule has 4 rings (SSSR count). The number of aryl methyl sites for hydroxylation is 2. The van der Waals surface area contributed by atoms with E-state index in [9.17, 15) is 9.59 Å². The minimum Gasteiger partial charge on any atom is -0.368 e. The third kappa shape index (κ3) is 4.97. The normalized spacial score (nSPS) is 16.9. The molecule has 0 saturated carbocycles. The van der Waals surface area contributed by atoms with Gasteiger partial charge in [-0.25, -0.2) is 0 Å².